The Kier molecular flexibility index (Phi) is 4.52. The summed E-state index contributed by atoms with van der Waals surface area (Å²) in [5.74, 6) is 4.06. The summed E-state index contributed by atoms with van der Waals surface area (Å²) in [6.45, 7) is 11.4. The molecule has 0 saturated carbocycles. The summed E-state index contributed by atoms with van der Waals surface area (Å²) in [6.07, 6.45) is 2.33. The van der Waals surface area contributed by atoms with Crippen LogP contribution < -0.4 is 0 Å². The first-order valence-corrected chi connectivity index (χ1v) is 7.95. The van der Waals surface area contributed by atoms with Gasteiger partial charge in [0, 0.05) is 6.42 Å². The van der Waals surface area contributed by atoms with Crippen molar-refractivity contribution in [1.82, 2.24) is 0 Å². The van der Waals surface area contributed by atoms with E-state index in [1.165, 1.54) is 6.42 Å². The average molecular weight is 168 g/mol. The van der Waals surface area contributed by atoms with Crippen LogP contribution >= 0.6 is 0 Å². The van der Waals surface area contributed by atoms with Gasteiger partial charge in [-0.1, -0.05) is 39.9 Å². The van der Waals surface area contributed by atoms with Crippen LogP contribution in [0.15, 0.2) is 0 Å². The standard InChI is InChI=1S/C10H20Si/c1-6-10(2)8-7-9-11(3,4)5/h10H,6,8H2,1-5H3. The SMILES string of the molecule is CCC(C)CC#C[Si](C)(C)C. The number of hydrogen-bond acceptors (Lipinski definition) is 0. The largest absolute Gasteiger partial charge is 0.132 e. The van der Waals surface area contributed by atoms with Gasteiger partial charge >= 0.3 is 0 Å². The molecule has 0 aliphatic rings. The minimum Gasteiger partial charge on any atom is -0.132 e. The van der Waals surface area contributed by atoms with Gasteiger partial charge < -0.3 is 0 Å². The van der Waals surface area contributed by atoms with Gasteiger partial charge in [0.1, 0.15) is 8.07 Å². The Morgan fingerprint density at radius 2 is 1.82 bits per heavy atom. The fourth-order valence-electron chi connectivity index (χ4n) is 0.635. The molecule has 0 bridgehead atoms. The molecule has 0 rings (SSSR count). The van der Waals surface area contributed by atoms with Crippen LogP contribution in [-0.2, 0) is 0 Å². The molecule has 1 heteroatoms. The van der Waals surface area contributed by atoms with E-state index in [0.29, 0.717) is 0 Å². The van der Waals surface area contributed by atoms with Crippen molar-refractivity contribution in [3.8, 4) is 11.5 Å². The van der Waals surface area contributed by atoms with Crippen LogP contribution in [-0.4, -0.2) is 8.07 Å². The molecule has 0 aromatic heterocycles. The second kappa shape index (κ2) is 4.61. The van der Waals surface area contributed by atoms with Gasteiger partial charge in [0.15, 0.2) is 0 Å². The van der Waals surface area contributed by atoms with E-state index in [2.05, 4.69) is 45.0 Å². The van der Waals surface area contributed by atoms with Crippen LogP contribution in [0.4, 0.5) is 0 Å². The maximum atomic E-state index is 3.38. The van der Waals surface area contributed by atoms with Gasteiger partial charge in [-0.3, -0.25) is 0 Å². The van der Waals surface area contributed by atoms with Gasteiger partial charge in [-0.15, -0.1) is 11.5 Å². The highest BCUT2D eigenvalue weighted by Crippen LogP contribution is 2.05. The highest BCUT2D eigenvalue weighted by atomic mass is 28.3. The first-order valence-electron chi connectivity index (χ1n) is 4.45. The summed E-state index contributed by atoms with van der Waals surface area (Å²) < 4.78 is 0. The molecule has 0 fully saturated rings. The summed E-state index contributed by atoms with van der Waals surface area (Å²) >= 11 is 0. The van der Waals surface area contributed by atoms with Crippen molar-refractivity contribution < 1.29 is 0 Å². The van der Waals surface area contributed by atoms with Crippen molar-refractivity contribution in [3.05, 3.63) is 0 Å². The van der Waals surface area contributed by atoms with E-state index >= 15 is 0 Å². The Morgan fingerprint density at radius 1 is 1.27 bits per heavy atom. The summed E-state index contributed by atoms with van der Waals surface area (Å²) in [7, 11) is -1.10. The first kappa shape index (κ1) is 10.8. The average Bonchev–Trinajstić information content (AvgIpc) is 1.85. The number of rotatable bonds is 2. The predicted molar refractivity (Wildman–Crippen MR) is 55.2 cm³/mol. The Labute approximate surface area is 72.4 Å². The van der Waals surface area contributed by atoms with E-state index < -0.39 is 8.07 Å². The van der Waals surface area contributed by atoms with E-state index in [1.54, 1.807) is 0 Å². The van der Waals surface area contributed by atoms with Gasteiger partial charge in [0.25, 0.3) is 0 Å². The maximum Gasteiger partial charge on any atom is 0.129 e. The maximum absolute atomic E-state index is 3.38. The minimum atomic E-state index is -1.10. The lowest BCUT2D eigenvalue weighted by molar-refractivity contribution is 0.581. The van der Waals surface area contributed by atoms with Crippen molar-refractivity contribution in [1.29, 1.82) is 0 Å². The second-order valence-electron chi connectivity index (χ2n) is 4.27. The third-order valence-corrected chi connectivity index (χ3v) is 2.54. The molecular formula is C10H20Si. The molecule has 0 aromatic carbocycles. The fourth-order valence-corrected chi connectivity index (χ4v) is 1.27. The lowest BCUT2D eigenvalue weighted by Gasteiger charge is -2.05. The van der Waals surface area contributed by atoms with Gasteiger partial charge in [-0.05, 0) is 5.92 Å². The van der Waals surface area contributed by atoms with Gasteiger partial charge in [-0.2, -0.15) is 0 Å². The molecule has 0 aliphatic heterocycles. The molecule has 11 heavy (non-hydrogen) atoms. The molecule has 0 nitrogen and oxygen atoms in total. The van der Waals surface area contributed by atoms with Crippen LogP contribution in [0.2, 0.25) is 19.6 Å². The van der Waals surface area contributed by atoms with E-state index in [1.807, 2.05) is 0 Å². The lowest BCUT2D eigenvalue weighted by Crippen LogP contribution is -2.16. The molecule has 1 atom stereocenters. The van der Waals surface area contributed by atoms with E-state index in [9.17, 15) is 0 Å². The molecule has 0 aliphatic carbocycles. The Morgan fingerprint density at radius 3 is 2.18 bits per heavy atom. The van der Waals surface area contributed by atoms with Crippen LogP contribution in [0.25, 0.3) is 0 Å². The zero-order chi connectivity index (χ0) is 8.91. The Hall–Kier alpha value is -0.223. The zero-order valence-electron chi connectivity index (χ0n) is 8.49. The monoisotopic (exact) mass is 168 g/mol. The summed E-state index contributed by atoms with van der Waals surface area (Å²) in [6, 6.07) is 0. The van der Waals surface area contributed by atoms with Crippen LogP contribution in [0.3, 0.4) is 0 Å². The third-order valence-electron chi connectivity index (χ3n) is 1.61. The molecule has 0 amide bonds. The molecule has 0 radical (unpaired) electrons. The molecule has 0 heterocycles. The van der Waals surface area contributed by atoms with Crippen molar-refractivity contribution in [3.63, 3.8) is 0 Å². The smallest absolute Gasteiger partial charge is 0.129 e. The van der Waals surface area contributed by atoms with Crippen LogP contribution in [0.5, 0.6) is 0 Å². The molecule has 1 unspecified atom stereocenters. The molecule has 0 N–H and O–H groups in total. The summed E-state index contributed by atoms with van der Waals surface area (Å²) in [4.78, 5) is 0. The summed E-state index contributed by atoms with van der Waals surface area (Å²) in [5, 5.41) is 0. The molecule has 0 spiro atoms. The van der Waals surface area contributed by atoms with E-state index in [4.69, 9.17) is 0 Å². The van der Waals surface area contributed by atoms with Crippen molar-refractivity contribution >= 4 is 8.07 Å². The molecule has 0 saturated heterocycles. The normalized spacial score (nSPS) is 13.5. The zero-order valence-corrected chi connectivity index (χ0v) is 9.49. The van der Waals surface area contributed by atoms with Crippen LogP contribution in [0.1, 0.15) is 26.7 Å². The second-order valence-corrected chi connectivity index (χ2v) is 9.02. The highest BCUT2D eigenvalue weighted by Gasteiger charge is 2.07. The topological polar surface area (TPSA) is 0 Å². The summed E-state index contributed by atoms with van der Waals surface area (Å²) in [5.41, 5.74) is 3.38. The van der Waals surface area contributed by atoms with Gasteiger partial charge in [0.05, 0.1) is 0 Å². The Bertz CT molecular complexity index is 154. The predicted octanol–water partition coefficient (Wildman–Crippen LogP) is 3.30. The van der Waals surface area contributed by atoms with Gasteiger partial charge in [-0.25, -0.2) is 0 Å². The van der Waals surface area contributed by atoms with Crippen molar-refractivity contribution in [2.75, 3.05) is 0 Å². The van der Waals surface area contributed by atoms with E-state index in [0.717, 1.165) is 12.3 Å². The Balaban J connectivity index is 3.73. The fraction of sp³-hybridized carbons (Fsp3) is 0.800. The highest BCUT2D eigenvalue weighted by molar-refractivity contribution is 6.83. The van der Waals surface area contributed by atoms with Gasteiger partial charge in [0.2, 0.25) is 0 Å². The van der Waals surface area contributed by atoms with Crippen molar-refractivity contribution in [2.24, 2.45) is 5.92 Å². The van der Waals surface area contributed by atoms with Crippen molar-refractivity contribution in [2.45, 2.75) is 46.3 Å². The number of hydrogen-bond donors (Lipinski definition) is 0. The molecule has 0 aromatic rings. The third kappa shape index (κ3) is 7.68. The van der Waals surface area contributed by atoms with E-state index in [-0.39, 0.29) is 0 Å². The quantitative estimate of drug-likeness (QED) is 0.438. The lowest BCUT2D eigenvalue weighted by atomic mass is 10.1. The minimum absolute atomic E-state index is 0.777. The first-order chi connectivity index (χ1) is 4.95. The van der Waals surface area contributed by atoms with Crippen LogP contribution in [0, 0.1) is 17.4 Å². The molecular weight excluding hydrogens is 148 g/mol. The molecule has 64 valence electrons.